The fraction of sp³-hybridized carbons (Fsp3) is 0.286. The largest absolute Gasteiger partial charge is 0.310 e. The maximum atomic E-state index is 6.20. The lowest BCUT2D eigenvalue weighted by Gasteiger charge is -2.18. The second kappa shape index (κ2) is 6.47. The molecule has 0 saturated heterocycles. The third-order valence-electron chi connectivity index (χ3n) is 2.82. The molecule has 0 aliphatic carbocycles. The van der Waals surface area contributed by atoms with Crippen molar-refractivity contribution in [2.24, 2.45) is 0 Å². The van der Waals surface area contributed by atoms with Crippen LogP contribution in [0.2, 0.25) is 5.02 Å². The van der Waals surface area contributed by atoms with Crippen molar-refractivity contribution in [3.8, 4) is 0 Å². The first-order chi connectivity index (χ1) is 8.81. The van der Waals surface area contributed by atoms with Gasteiger partial charge in [-0.05, 0) is 24.6 Å². The molecule has 1 unspecified atom stereocenters. The zero-order chi connectivity index (χ0) is 12.8. The van der Waals surface area contributed by atoms with Crippen LogP contribution in [0.5, 0.6) is 0 Å². The first-order valence-corrected chi connectivity index (χ1v) is 6.40. The van der Waals surface area contributed by atoms with Gasteiger partial charge in [-0.1, -0.05) is 36.7 Å². The lowest BCUT2D eigenvalue weighted by Crippen LogP contribution is -2.23. The number of aromatic nitrogens is 2. The van der Waals surface area contributed by atoms with Crippen LogP contribution in [-0.2, 0) is 6.42 Å². The standard InChI is InChI=1S/C14H16ClN3/c1-2-18-14(12-8-16-10-17-9-12)7-11-5-3-4-6-13(11)15/h3-6,8-10,14,18H,2,7H2,1H3. The topological polar surface area (TPSA) is 37.8 Å². The van der Waals surface area contributed by atoms with Crippen molar-refractivity contribution in [1.82, 2.24) is 15.3 Å². The Kier molecular flexibility index (Phi) is 4.67. The van der Waals surface area contributed by atoms with Gasteiger partial charge in [0.05, 0.1) is 0 Å². The Morgan fingerprint density at radius 3 is 2.61 bits per heavy atom. The number of rotatable bonds is 5. The van der Waals surface area contributed by atoms with Crippen molar-refractivity contribution >= 4 is 11.6 Å². The summed E-state index contributed by atoms with van der Waals surface area (Å²) in [5.74, 6) is 0. The molecule has 2 rings (SSSR count). The SMILES string of the molecule is CCNC(Cc1ccccc1Cl)c1cncnc1. The number of hydrogen-bond acceptors (Lipinski definition) is 3. The Morgan fingerprint density at radius 2 is 1.94 bits per heavy atom. The van der Waals surface area contributed by atoms with Gasteiger partial charge in [0, 0.05) is 29.0 Å². The van der Waals surface area contributed by atoms with Gasteiger partial charge in [-0.2, -0.15) is 0 Å². The predicted molar refractivity (Wildman–Crippen MR) is 73.6 cm³/mol. The van der Waals surface area contributed by atoms with E-state index in [4.69, 9.17) is 11.6 Å². The average molecular weight is 262 g/mol. The first-order valence-electron chi connectivity index (χ1n) is 6.03. The molecule has 1 aromatic carbocycles. The van der Waals surface area contributed by atoms with E-state index in [-0.39, 0.29) is 6.04 Å². The number of hydrogen-bond donors (Lipinski definition) is 1. The molecule has 0 amide bonds. The highest BCUT2D eigenvalue weighted by Crippen LogP contribution is 2.22. The molecule has 1 atom stereocenters. The third kappa shape index (κ3) is 3.28. The minimum Gasteiger partial charge on any atom is -0.310 e. The summed E-state index contributed by atoms with van der Waals surface area (Å²) in [5, 5.41) is 4.24. The fourth-order valence-corrected chi connectivity index (χ4v) is 2.14. The van der Waals surface area contributed by atoms with E-state index in [2.05, 4.69) is 28.3 Å². The molecular weight excluding hydrogens is 246 g/mol. The van der Waals surface area contributed by atoms with Crippen LogP contribution < -0.4 is 5.32 Å². The molecule has 3 nitrogen and oxygen atoms in total. The number of halogens is 1. The van der Waals surface area contributed by atoms with E-state index in [0.29, 0.717) is 0 Å². The van der Waals surface area contributed by atoms with E-state index in [9.17, 15) is 0 Å². The van der Waals surface area contributed by atoms with E-state index in [1.807, 2.05) is 30.6 Å². The number of nitrogens with one attached hydrogen (secondary N) is 1. The third-order valence-corrected chi connectivity index (χ3v) is 3.18. The van der Waals surface area contributed by atoms with E-state index < -0.39 is 0 Å². The van der Waals surface area contributed by atoms with Crippen molar-refractivity contribution in [2.45, 2.75) is 19.4 Å². The Labute approximate surface area is 112 Å². The highest BCUT2D eigenvalue weighted by molar-refractivity contribution is 6.31. The van der Waals surface area contributed by atoms with Gasteiger partial charge in [-0.15, -0.1) is 0 Å². The van der Waals surface area contributed by atoms with E-state index in [1.54, 1.807) is 6.33 Å². The van der Waals surface area contributed by atoms with Crippen LogP contribution in [0, 0.1) is 0 Å². The lowest BCUT2D eigenvalue weighted by atomic mass is 10.0. The molecule has 0 fully saturated rings. The molecule has 0 bridgehead atoms. The fourth-order valence-electron chi connectivity index (χ4n) is 1.93. The van der Waals surface area contributed by atoms with Crippen LogP contribution in [0.4, 0.5) is 0 Å². The summed E-state index contributed by atoms with van der Waals surface area (Å²) in [5.41, 5.74) is 2.22. The van der Waals surface area contributed by atoms with Gasteiger partial charge in [-0.3, -0.25) is 0 Å². The Bertz CT molecular complexity index is 487. The van der Waals surface area contributed by atoms with Crippen molar-refractivity contribution in [3.05, 3.63) is 59.1 Å². The molecule has 94 valence electrons. The van der Waals surface area contributed by atoms with Gasteiger partial charge in [0.25, 0.3) is 0 Å². The van der Waals surface area contributed by atoms with E-state index in [1.165, 1.54) is 0 Å². The molecule has 18 heavy (non-hydrogen) atoms. The number of benzene rings is 1. The molecule has 1 N–H and O–H groups in total. The highest BCUT2D eigenvalue weighted by Gasteiger charge is 2.13. The Morgan fingerprint density at radius 1 is 1.22 bits per heavy atom. The molecule has 0 saturated carbocycles. The minimum atomic E-state index is 0.191. The normalized spacial score (nSPS) is 12.3. The van der Waals surface area contributed by atoms with Crippen LogP contribution >= 0.6 is 11.6 Å². The summed E-state index contributed by atoms with van der Waals surface area (Å²) in [6, 6.07) is 8.11. The molecule has 0 aliphatic heterocycles. The van der Waals surface area contributed by atoms with Gasteiger partial charge in [0.15, 0.2) is 0 Å². The second-order valence-corrected chi connectivity index (χ2v) is 4.48. The number of nitrogens with zero attached hydrogens (tertiary/aromatic N) is 2. The van der Waals surface area contributed by atoms with Crippen molar-refractivity contribution < 1.29 is 0 Å². The van der Waals surface area contributed by atoms with Gasteiger partial charge < -0.3 is 5.32 Å². The molecule has 0 spiro atoms. The van der Waals surface area contributed by atoms with Crippen LogP contribution in [0.3, 0.4) is 0 Å². The van der Waals surface area contributed by atoms with Gasteiger partial charge in [0.2, 0.25) is 0 Å². The molecule has 0 aliphatic rings. The summed E-state index contributed by atoms with van der Waals surface area (Å²) < 4.78 is 0. The molecule has 0 radical (unpaired) electrons. The summed E-state index contributed by atoms with van der Waals surface area (Å²) in [6.45, 7) is 2.98. The van der Waals surface area contributed by atoms with Crippen molar-refractivity contribution in [2.75, 3.05) is 6.54 Å². The van der Waals surface area contributed by atoms with Gasteiger partial charge in [-0.25, -0.2) is 9.97 Å². The molecule has 2 aromatic rings. The van der Waals surface area contributed by atoms with Crippen molar-refractivity contribution in [1.29, 1.82) is 0 Å². The van der Waals surface area contributed by atoms with Crippen molar-refractivity contribution in [3.63, 3.8) is 0 Å². The summed E-state index contributed by atoms with van der Waals surface area (Å²) in [7, 11) is 0. The average Bonchev–Trinajstić information content (AvgIpc) is 2.42. The van der Waals surface area contributed by atoms with Crippen LogP contribution in [0.25, 0.3) is 0 Å². The van der Waals surface area contributed by atoms with Crippen LogP contribution in [-0.4, -0.2) is 16.5 Å². The lowest BCUT2D eigenvalue weighted by molar-refractivity contribution is 0.546. The van der Waals surface area contributed by atoms with E-state index in [0.717, 1.165) is 29.1 Å². The zero-order valence-corrected chi connectivity index (χ0v) is 11.1. The Balaban J connectivity index is 2.19. The molecular formula is C14H16ClN3. The van der Waals surface area contributed by atoms with E-state index >= 15 is 0 Å². The maximum absolute atomic E-state index is 6.20. The molecule has 1 aromatic heterocycles. The zero-order valence-electron chi connectivity index (χ0n) is 10.3. The summed E-state index contributed by atoms with van der Waals surface area (Å²) >= 11 is 6.20. The smallest absolute Gasteiger partial charge is 0.115 e. The van der Waals surface area contributed by atoms with Crippen LogP contribution in [0.15, 0.2) is 43.0 Å². The first kappa shape index (κ1) is 13.0. The maximum Gasteiger partial charge on any atom is 0.115 e. The number of likely N-dealkylation sites (N-methyl/N-ethyl adjacent to an activating group) is 1. The predicted octanol–water partition coefficient (Wildman–Crippen LogP) is 3.02. The summed E-state index contributed by atoms with van der Waals surface area (Å²) in [4.78, 5) is 8.14. The minimum absolute atomic E-state index is 0.191. The van der Waals surface area contributed by atoms with Crippen LogP contribution in [0.1, 0.15) is 24.1 Å². The molecule has 4 heteroatoms. The second-order valence-electron chi connectivity index (χ2n) is 4.08. The monoisotopic (exact) mass is 261 g/mol. The van der Waals surface area contributed by atoms with Gasteiger partial charge in [0.1, 0.15) is 6.33 Å². The highest BCUT2D eigenvalue weighted by atomic mass is 35.5. The van der Waals surface area contributed by atoms with Gasteiger partial charge >= 0.3 is 0 Å². The quantitative estimate of drug-likeness (QED) is 0.899. The summed E-state index contributed by atoms with van der Waals surface area (Å²) in [6.07, 6.45) is 6.07. The Hall–Kier alpha value is -1.45. The molecule has 1 heterocycles.